The number of nitrogens with zero attached hydrogens (tertiary/aromatic N) is 2. The number of piperazine rings is 1. The highest BCUT2D eigenvalue weighted by atomic mass is 16.5. The van der Waals surface area contributed by atoms with Crippen molar-refractivity contribution >= 4 is 17.9 Å². The van der Waals surface area contributed by atoms with Crippen LogP contribution in [0.2, 0.25) is 0 Å². The van der Waals surface area contributed by atoms with E-state index in [1.165, 1.54) is 5.56 Å². The molecule has 41 heavy (non-hydrogen) atoms. The third-order valence-electron chi connectivity index (χ3n) is 8.38. The van der Waals surface area contributed by atoms with Gasteiger partial charge in [-0.15, -0.1) is 0 Å². The maximum atomic E-state index is 13.7. The van der Waals surface area contributed by atoms with Gasteiger partial charge in [0, 0.05) is 32.7 Å². The van der Waals surface area contributed by atoms with Crippen molar-refractivity contribution in [2.45, 2.75) is 77.0 Å². The van der Waals surface area contributed by atoms with E-state index in [0.717, 1.165) is 38.0 Å². The van der Waals surface area contributed by atoms with E-state index in [2.05, 4.69) is 53.6 Å². The zero-order valence-electron chi connectivity index (χ0n) is 24.6. The number of benzene rings is 2. The maximum absolute atomic E-state index is 13.7. The van der Waals surface area contributed by atoms with Gasteiger partial charge < -0.3 is 25.2 Å². The smallest absolute Gasteiger partial charge is 0.407 e. The van der Waals surface area contributed by atoms with Gasteiger partial charge in [0.25, 0.3) is 0 Å². The Morgan fingerprint density at radius 1 is 0.976 bits per heavy atom. The second-order valence-corrected chi connectivity index (χ2v) is 11.8. The van der Waals surface area contributed by atoms with Crippen LogP contribution in [0.25, 0.3) is 0 Å². The molecule has 3 amide bonds. The van der Waals surface area contributed by atoms with Gasteiger partial charge in [0.2, 0.25) is 11.8 Å². The Kier molecular flexibility index (Phi) is 11.2. The van der Waals surface area contributed by atoms with E-state index >= 15 is 0 Å². The van der Waals surface area contributed by atoms with Crippen LogP contribution in [-0.2, 0) is 27.4 Å². The molecule has 222 valence electrons. The first-order chi connectivity index (χ1) is 19.9. The molecule has 0 unspecified atom stereocenters. The zero-order chi connectivity index (χ0) is 29.1. The Bertz CT molecular complexity index is 1120. The molecule has 2 fully saturated rings. The highest BCUT2D eigenvalue weighted by Crippen LogP contribution is 2.34. The van der Waals surface area contributed by atoms with Crippen LogP contribution >= 0.6 is 0 Å². The van der Waals surface area contributed by atoms with E-state index in [9.17, 15) is 14.4 Å². The molecule has 8 heteroatoms. The summed E-state index contributed by atoms with van der Waals surface area (Å²) >= 11 is 0. The van der Waals surface area contributed by atoms with E-state index in [0.29, 0.717) is 51.1 Å². The number of hydrogen-bond acceptors (Lipinski definition) is 5. The lowest BCUT2D eigenvalue weighted by Gasteiger charge is -2.52. The largest absolute Gasteiger partial charge is 0.445 e. The maximum Gasteiger partial charge on any atom is 0.407 e. The van der Waals surface area contributed by atoms with Gasteiger partial charge in [-0.3, -0.25) is 9.59 Å². The lowest BCUT2D eigenvalue weighted by Crippen LogP contribution is -2.73. The first-order valence-corrected chi connectivity index (χ1v) is 15.2. The van der Waals surface area contributed by atoms with Crippen LogP contribution in [-0.4, -0.2) is 72.0 Å². The minimum absolute atomic E-state index is 0.00354. The van der Waals surface area contributed by atoms with Gasteiger partial charge in [-0.05, 0) is 62.0 Å². The van der Waals surface area contributed by atoms with Gasteiger partial charge >= 0.3 is 6.09 Å². The van der Waals surface area contributed by atoms with Crippen molar-refractivity contribution in [3.63, 3.8) is 0 Å². The molecular formula is C33H46N4O4. The van der Waals surface area contributed by atoms with Gasteiger partial charge in [0.15, 0.2) is 0 Å². The van der Waals surface area contributed by atoms with Crippen molar-refractivity contribution in [1.29, 1.82) is 0 Å². The molecule has 2 aromatic rings. The van der Waals surface area contributed by atoms with Crippen LogP contribution < -0.4 is 10.6 Å². The van der Waals surface area contributed by atoms with E-state index in [-0.39, 0.29) is 18.4 Å². The average molecular weight is 563 g/mol. The van der Waals surface area contributed by atoms with Crippen LogP contribution in [0.15, 0.2) is 60.7 Å². The highest BCUT2D eigenvalue weighted by molar-refractivity contribution is 6.00. The number of piperidine rings is 1. The number of alkyl carbamates (subject to hydrolysis) is 1. The molecule has 2 aliphatic rings. The first-order valence-electron chi connectivity index (χ1n) is 15.2. The summed E-state index contributed by atoms with van der Waals surface area (Å²) in [6, 6.07) is 19.5. The second kappa shape index (κ2) is 15.0. The quantitative estimate of drug-likeness (QED) is 0.350. The van der Waals surface area contributed by atoms with E-state index in [4.69, 9.17) is 4.74 Å². The molecule has 2 saturated heterocycles. The van der Waals surface area contributed by atoms with Gasteiger partial charge in [0.1, 0.15) is 18.2 Å². The molecule has 0 aromatic heterocycles. The fraction of sp³-hybridized carbons (Fsp3) is 0.545. The Hall–Kier alpha value is -3.39. The molecule has 2 aliphatic heterocycles. The molecule has 8 nitrogen and oxygen atoms in total. The van der Waals surface area contributed by atoms with Gasteiger partial charge in [0.05, 0.1) is 0 Å². The lowest BCUT2D eigenvalue weighted by atomic mass is 9.81. The number of carbonyl (C=O) groups excluding carboxylic acids is 3. The van der Waals surface area contributed by atoms with Crippen LogP contribution in [0.3, 0.4) is 0 Å². The van der Waals surface area contributed by atoms with Gasteiger partial charge in [-0.1, -0.05) is 74.5 Å². The summed E-state index contributed by atoms with van der Waals surface area (Å²) in [7, 11) is 0. The minimum Gasteiger partial charge on any atom is -0.445 e. The third-order valence-corrected chi connectivity index (χ3v) is 8.38. The Labute approximate surface area is 244 Å². The molecular weight excluding hydrogens is 516 g/mol. The number of nitrogens with one attached hydrogen (secondary N) is 2. The van der Waals surface area contributed by atoms with Crippen LogP contribution in [0.4, 0.5) is 4.79 Å². The third kappa shape index (κ3) is 8.55. The highest BCUT2D eigenvalue weighted by Gasteiger charge is 2.53. The lowest BCUT2D eigenvalue weighted by molar-refractivity contribution is -0.161. The van der Waals surface area contributed by atoms with Gasteiger partial charge in [-0.2, -0.15) is 0 Å². The number of hydrogen-bond donors (Lipinski definition) is 2. The minimum atomic E-state index is -0.754. The first kappa shape index (κ1) is 30.6. The molecule has 2 aromatic carbocycles. The number of carbonyl (C=O) groups is 3. The predicted octanol–water partition coefficient (Wildman–Crippen LogP) is 4.53. The van der Waals surface area contributed by atoms with E-state index < -0.39 is 17.7 Å². The summed E-state index contributed by atoms with van der Waals surface area (Å²) in [5.74, 6) is 0.483. The molecule has 1 atom stereocenters. The van der Waals surface area contributed by atoms with Crippen molar-refractivity contribution in [2.75, 3.05) is 32.7 Å². The molecule has 0 radical (unpaired) electrons. The van der Waals surface area contributed by atoms with Crippen molar-refractivity contribution in [2.24, 2.45) is 5.92 Å². The van der Waals surface area contributed by atoms with Crippen molar-refractivity contribution in [1.82, 2.24) is 20.4 Å². The molecule has 2 N–H and O–H groups in total. The Morgan fingerprint density at radius 2 is 1.63 bits per heavy atom. The monoisotopic (exact) mass is 562 g/mol. The average Bonchev–Trinajstić information content (AvgIpc) is 2.99. The van der Waals surface area contributed by atoms with E-state index in [1.54, 1.807) is 0 Å². The van der Waals surface area contributed by atoms with Crippen LogP contribution in [0, 0.1) is 5.92 Å². The fourth-order valence-corrected chi connectivity index (χ4v) is 5.80. The SMILES string of the molecule is CC(C)CCN1C(=O)[C@H](CCCCNC(=O)OCc2ccccc2)NC(=O)C12CCN(CCc1ccccc1)CC2. The molecule has 4 rings (SSSR count). The zero-order valence-corrected chi connectivity index (χ0v) is 24.6. The summed E-state index contributed by atoms with van der Waals surface area (Å²) in [4.78, 5) is 43.7. The number of amides is 3. The van der Waals surface area contributed by atoms with Gasteiger partial charge in [-0.25, -0.2) is 4.79 Å². The second-order valence-electron chi connectivity index (χ2n) is 11.8. The number of unbranched alkanes of at least 4 members (excludes halogenated alkanes) is 1. The summed E-state index contributed by atoms with van der Waals surface area (Å²) in [5.41, 5.74) is 1.50. The summed E-state index contributed by atoms with van der Waals surface area (Å²) in [5, 5.41) is 5.87. The fourth-order valence-electron chi connectivity index (χ4n) is 5.80. The molecule has 2 heterocycles. The van der Waals surface area contributed by atoms with Crippen molar-refractivity contribution < 1.29 is 19.1 Å². The summed E-state index contributed by atoms with van der Waals surface area (Å²) in [6.07, 6.45) is 4.72. The predicted molar refractivity (Wildman–Crippen MR) is 160 cm³/mol. The number of likely N-dealkylation sites (tertiary alicyclic amines) is 1. The summed E-state index contributed by atoms with van der Waals surface area (Å²) < 4.78 is 5.25. The molecule has 1 spiro atoms. The molecule has 0 aliphatic carbocycles. The van der Waals surface area contributed by atoms with Crippen LogP contribution in [0.5, 0.6) is 0 Å². The standard InChI is InChI=1S/C33H46N4O4/c1-26(2)16-22-37-30(38)29(15-9-10-20-34-32(40)41-25-28-13-7-4-8-14-28)35-31(39)33(37)18-23-36(24-19-33)21-17-27-11-5-3-6-12-27/h3-8,11-14,26,29H,9-10,15-25H2,1-2H3,(H,34,40)(H,35,39)/t29-/m0/s1. The van der Waals surface area contributed by atoms with Crippen molar-refractivity contribution in [3.05, 3.63) is 71.8 Å². The molecule has 0 saturated carbocycles. The van der Waals surface area contributed by atoms with Crippen molar-refractivity contribution in [3.8, 4) is 0 Å². The normalized spacial score (nSPS) is 18.9. The Morgan fingerprint density at radius 3 is 2.29 bits per heavy atom. The van der Waals surface area contributed by atoms with Crippen LogP contribution in [0.1, 0.15) is 63.5 Å². The number of rotatable bonds is 13. The number of ether oxygens (including phenoxy) is 1. The topological polar surface area (TPSA) is 91.0 Å². The summed E-state index contributed by atoms with van der Waals surface area (Å²) in [6.45, 7) is 8.18. The van der Waals surface area contributed by atoms with E-state index in [1.807, 2.05) is 41.3 Å². The Balaban J connectivity index is 1.25. The molecule has 0 bridgehead atoms.